The Kier molecular flexibility index (Phi) is 11.3. The van der Waals surface area contributed by atoms with Crippen LogP contribution in [0.15, 0.2) is 29.3 Å². The summed E-state index contributed by atoms with van der Waals surface area (Å²) in [6, 6.07) is 8.44. The second-order valence-corrected chi connectivity index (χ2v) is 7.19. The largest absolute Gasteiger partial charge is 0.371 e. The highest BCUT2D eigenvalue weighted by atomic mass is 127. The van der Waals surface area contributed by atoms with Crippen LogP contribution in [-0.2, 0) is 17.9 Å². The molecule has 0 amide bonds. The lowest BCUT2D eigenvalue weighted by molar-refractivity contribution is -0.0149. The minimum Gasteiger partial charge on any atom is -0.371 e. The van der Waals surface area contributed by atoms with Gasteiger partial charge in [0.1, 0.15) is 0 Å². The third-order valence-electron chi connectivity index (χ3n) is 3.10. The van der Waals surface area contributed by atoms with Crippen LogP contribution in [0.25, 0.3) is 0 Å². The van der Waals surface area contributed by atoms with Crippen LogP contribution in [-0.4, -0.2) is 24.7 Å². The molecule has 0 fully saturated rings. The van der Waals surface area contributed by atoms with Gasteiger partial charge in [0, 0.05) is 13.1 Å². The molecule has 0 bridgehead atoms. The Labute approximate surface area is 164 Å². The zero-order valence-corrected chi connectivity index (χ0v) is 18.3. The van der Waals surface area contributed by atoms with Gasteiger partial charge in [0.15, 0.2) is 5.96 Å². The molecule has 1 aromatic carbocycles. The molecule has 0 heterocycles. The number of nitrogens with one attached hydrogen (secondary N) is 2. The van der Waals surface area contributed by atoms with Crippen molar-refractivity contribution in [2.24, 2.45) is 10.9 Å². The molecule has 0 saturated carbocycles. The van der Waals surface area contributed by atoms with Gasteiger partial charge in [0.2, 0.25) is 0 Å². The van der Waals surface area contributed by atoms with Gasteiger partial charge in [-0.1, -0.05) is 38.1 Å². The molecule has 0 radical (unpaired) electrons. The van der Waals surface area contributed by atoms with Gasteiger partial charge in [-0.05, 0) is 44.7 Å². The summed E-state index contributed by atoms with van der Waals surface area (Å²) in [6.07, 6.45) is 0. The minimum atomic E-state index is -0.118. The third kappa shape index (κ3) is 10.9. The summed E-state index contributed by atoms with van der Waals surface area (Å²) < 4.78 is 5.84. The Morgan fingerprint density at radius 3 is 2.42 bits per heavy atom. The Bertz CT molecular complexity index is 496. The maximum atomic E-state index is 5.84. The molecule has 1 aromatic rings. The van der Waals surface area contributed by atoms with Crippen LogP contribution in [0.4, 0.5) is 0 Å². The quantitative estimate of drug-likeness (QED) is 0.372. The maximum Gasteiger partial charge on any atom is 0.191 e. The lowest BCUT2D eigenvalue weighted by Crippen LogP contribution is -2.39. The summed E-state index contributed by atoms with van der Waals surface area (Å²) in [4.78, 5) is 4.66. The van der Waals surface area contributed by atoms with E-state index < -0.39 is 0 Å². The van der Waals surface area contributed by atoms with Crippen molar-refractivity contribution in [1.29, 1.82) is 0 Å². The van der Waals surface area contributed by atoms with Crippen molar-refractivity contribution in [3.8, 4) is 0 Å². The van der Waals surface area contributed by atoms with E-state index in [0.717, 1.165) is 19.0 Å². The predicted molar refractivity (Wildman–Crippen MR) is 114 cm³/mol. The summed E-state index contributed by atoms with van der Waals surface area (Å²) in [7, 11) is 0. The van der Waals surface area contributed by atoms with Crippen LogP contribution in [0.3, 0.4) is 0 Å². The van der Waals surface area contributed by atoms with Crippen molar-refractivity contribution in [3.05, 3.63) is 35.4 Å². The molecule has 0 aliphatic heterocycles. The number of halogens is 1. The van der Waals surface area contributed by atoms with Crippen LogP contribution in [0.1, 0.15) is 52.7 Å². The van der Waals surface area contributed by atoms with Crippen LogP contribution >= 0.6 is 24.0 Å². The van der Waals surface area contributed by atoms with Gasteiger partial charge in [-0.2, -0.15) is 0 Å². The SMILES string of the molecule is CCNC(=NCc1cccc(COC(C)(C)C)c1)NCC(C)C.I. The van der Waals surface area contributed by atoms with Crippen molar-refractivity contribution in [3.63, 3.8) is 0 Å². The number of benzene rings is 1. The van der Waals surface area contributed by atoms with E-state index in [4.69, 9.17) is 4.74 Å². The van der Waals surface area contributed by atoms with Gasteiger partial charge in [0.05, 0.1) is 18.8 Å². The van der Waals surface area contributed by atoms with Gasteiger partial charge in [-0.25, -0.2) is 4.99 Å². The Morgan fingerprint density at radius 1 is 1.17 bits per heavy atom. The predicted octanol–water partition coefficient (Wildman–Crippen LogP) is 4.33. The summed E-state index contributed by atoms with van der Waals surface area (Å²) in [6.45, 7) is 15.8. The van der Waals surface area contributed by atoms with E-state index in [1.807, 2.05) is 0 Å². The van der Waals surface area contributed by atoms with Crippen molar-refractivity contribution in [2.75, 3.05) is 13.1 Å². The summed E-state index contributed by atoms with van der Waals surface area (Å²) in [5.74, 6) is 1.47. The van der Waals surface area contributed by atoms with E-state index in [9.17, 15) is 0 Å². The zero-order chi connectivity index (χ0) is 17.3. The van der Waals surface area contributed by atoms with Crippen molar-refractivity contribution >= 4 is 29.9 Å². The first-order chi connectivity index (χ1) is 10.8. The number of aliphatic imine (C=N–C) groups is 1. The summed E-state index contributed by atoms with van der Waals surface area (Å²) in [5, 5.41) is 6.65. The Morgan fingerprint density at radius 2 is 1.83 bits per heavy atom. The van der Waals surface area contributed by atoms with Crippen LogP contribution in [0.5, 0.6) is 0 Å². The fourth-order valence-electron chi connectivity index (χ4n) is 1.93. The van der Waals surface area contributed by atoms with Gasteiger partial charge in [0.25, 0.3) is 0 Å². The van der Waals surface area contributed by atoms with Gasteiger partial charge >= 0.3 is 0 Å². The van der Waals surface area contributed by atoms with Gasteiger partial charge in [-0.15, -0.1) is 24.0 Å². The van der Waals surface area contributed by atoms with Crippen LogP contribution in [0.2, 0.25) is 0 Å². The average molecular weight is 447 g/mol. The number of hydrogen-bond donors (Lipinski definition) is 2. The lowest BCUT2D eigenvalue weighted by atomic mass is 10.1. The number of hydrogen-bond acceptors (Lipinski definition) is 2. The molecule has 24 heavy (non-hydrogen) atoms. The number of nitrogens with zero attached hydrogens (tertiary/aromatic N) is 1. The highest BCUT2D eigenvalue weighted by molar-refractivity contribution is 14.0. The fraction of sp³-hybridized carbons (Fsp3) is 0.632. The lowest BCUT2D eigenvalue weighted by Gasteiger charge is -2.19. The molecular weight excluding hydrogens is 413 g/mol. The Balaban J connectivity index is 0.00000529. The minimum absolute atomic E-state index is 0. The van der Waals surface area contributed by atoms with Crippen molar-refractivity contribution in [2.45, 2.75) is 60.3 Å². The standard InChI is InChI=1S/C19H33N3O.HI/c1-7-20-18(21-12-15(2)3)22-13-16-9-8-10-17(11-16)14-23-19(4,5)6;/h8-11,15H,7,12-14H2,1-6H3,(H2,20,21,22);1H. The maximum absolute atomic E-state index is 5.84. The van der Waals surface area contributed by atoms with E-state index >= 15 is 0 Å². The molecule has 138 valence electrons. The molecule has 5 heteroatoms. The average Bonchev–Trinajstić information content (AvgIpc) is 2.47. The highest BCUT2D eigenvalue weighted by Gasteiger charge is 2.10. The summed E-state index contributed by atoms with van der Waals surface area (Å²) in [5.41, 5.74) is 2.27. The second kappa shape index (κ2) is 11.7. The second-order valence-electron chi connectivity index (χ2n) is 7.19. The monoisotopic (exact) mass is 447 g/mol. The zero-order valence-electron chi connectivity index (χ0n) is 16.0. The molecule has 0 aromatic heterocycles. The molecular formula is C19H34IN3O. The topological polar surface area (TPSA) is 45.7 Å². The molecule has 0 unspecified atom stereocenters. The summed E-state index contributed by atoms with van der Waals surface area (Å²) >= 11 is 0. The van der Waals surface area contributed by atoms with E-state index in [2.05, 4.69) is 81.4 Å². The number of ether oxygens (including phenoxy) is 1. The fourth-order valence-corrected chi connectivity index (χ4v) is 1.93. The normalized spacial score (nSPS) is 12.0. The van der Waals surface area contributed by atoms with E-state index in [0.29, 0.717) is 19.1 Å². The molecule has 0 atom stereocenters. The Hall–Kier alpha value is -0.820. The molecule has 0 aliphatic rings. The first-order valence-corrected chi connectivity index (χ1v) is 8.54. The third-order valence-corrected chi connectivity index (χ3v) is 3.10. The van der Waals surface area contributed by atoms with E-state index in [1.165, 1.54) is 11.1 Å². The number of rotatable bonds is 7. The molecule has 2 N–H and O–H groups in total. The van der Waals surface area contributed by atoms with E-state index in [1.54, 1.807) is 0 Å². The van der Waals surface area contributed by atoms with Crippen molar-refractivity contribution in [1.82, 2.24) is 10.6 Å². The highest BCUT2D eigenvalue weighted by Crippen LogP contribution is 2.13. The molecule has 0 aliphatic carbocycles. The van der Waals surface area contributed by atoms with Crippen molar-refractivity contribution < 1.29 is 4.74 Å². The molecule has 0 spiro atoms. The number of guanidine groups is 1. The molecule has 0 saturated heterocycles. The van der Waals surface area contributed by atoms with Gasteiger partial charge < -0.3 is 15.4 Å². The first kappa shape index (κ1) is 23.2. The van der Waals surface area contributed by atoms with E-state index in [-0.39, 0.29) is 29.6 Å². The molecule has 1 rings (SSSR count). The van der Waals surface area contributed by atoms with Gasteiger partial charge in [-0.3, -0.25) is 0 Å². The van der Waals surface area contributed by atoms with Crippen LogP contribution in [0, 0.1) is 5.92 Å². The smallest absolute Gasteiger partial charge is 0.191 e. The molecule has 4 nitrogen and oxygen atoms in total. The van der Waals surface area contributed by atoms with Crippen LogP contribution < -0.4 is 10.6 Å². The first-order valence-electron chi connectivity index (χ1n) is 8.54.